The van der Waals surface area contributed by atoms with Crippen molar-refractivity contribution in [3.8, 4) is 0 Å². The van der Waals surface area contributed by atoms with Crippen molar-refractivity contribution in [2.45, 2.75) is 45.1 Å². The first-order valence-corrected chi connectivity index (χ1v) is 7.43. The second-order valence-corrected chi connectivity index (χ2v) is 5.53. The van der Waals surface area contributed by atoms with Crippen molar-refractivity contribution in [1.29, 1.82) is 0 Å². The van der Waals surface area contributed by atoms with Crippen LogP contribution in [0.4, 0.5) is 0 Å². The number of nitrogens with zero attached hydrogens (tertiary/aromatic N) is 1. The largest absolute Gasteiger partial charge is 0.378 e. The van der Waals surface area contributed by atoms with Gasteiger partial charge in [0.25, 0.3) is 0 Å². The van der Waals surface area contributed by atoms with E-state index in [1.165, 1.54) is 64.8 Å². The molecule has 2 saturated heterocycles. The zero-order valence-corrected chi connectivity index (χ0v) is 11.3. The van der Waals surface area contributed by atoms with E-state index in [0.717, 1.165) is 12.5 Å². The summed E-state index contributed by atoms with van der Waals surface area (Å²) in [7, 11) is 0. The molecule has 3 heteroatoms. The van der Waals surface area contributed by atoms with Gasteiger partial charge in [0, 0.05) is 19.7 Å². The number of piperidine rings is 1. The average molecular weight is 240 g/mol. The fourth-order valence-corrected chi connectivity index (χ4v) is 3.02. The van der Waals surface area contributed by atoms with Crippen LogP contribution in [0.2, 0.25) is 0 Å². The predicted molar refractivity (Wildman–Crippen MR) is 71.3 cm³/mol. The SMILES string of the molecule is CCN(CCC1CCCO1)CC1CCCNC1. The van der Waals surface area contributed by atoms with Gasteiger partial charge in [-0.2, -0.15) is 0 Å². The lowest BCUT2D eigenvalue weighted by molar-refractivity contribution is 0.0893. The van der Waals surface area contributed by atoms with Crippen LogP contribution in [0.3, 0.4) is 0 Å². The Kier molecular flexibility index (Phi) is 5.75. The quantitative estimate of drug-likeness (QED) is 0.767. The topological polar surface area (TPSA) is 24.5 Å². The van der Waals surface area contributed by atoms with Crippen molar-refractivity contribution in [2.75, 3.05) is 39.3 Å². The van der Waals surface area contributed by atoms with Gasteiger partial charge in [-0.15, -0.1) is 0 Å². The summed E-state index contributed by atoms with van der Waals surface area (Å²) >= 11 is 0. The van der Waals surface area contributed by atoms with Gasteiger partial charge in [0.1, 0.15) is 0 Å². The summed E-state index contributed by atoms with van der Waals surface area (Å²) in [6.07, 6.45) is 7.09. The number of nitrogens with one attached hydrogen (secondary N) is 1. The highest BCUT2D eigenvalue weighted by Crippen LogP contribution is 2.17. The van der Waals surface area contributed by atoms with E-state index in [2.05, 4.69) is 17.1 Å². The van der Waals surface area contributed by atoms with E-state index in [1.807, 2.05) is 0 Å². The Balaban J connectivity index is 1.64. The van der Waals surface area contributed by atoms with Gasteiger partial charge in [0.05, 0.1) is 6.10 Å². The minimum absolute atomic E-state index is 0.550. The van der Waals surface area contributed by atoms with E-state index >= 15 is 0 Å². The molecule has 17 heavy (non-hydrogen) atoms. The zero-order chi connectivity index (χ0) is 11.9. The van der Waals surface area contributed by atoms with Crippen LogP contribution in [0.5, 0.6) is 0 Å². The number of hydrogen-bond acceptors (Lipinski definition) is 3. The van der Waals surface area contributed by atoms with E-state index in [0.29, 0.717) is 6.10 Å². The monoisotopic (exact) mass is 240 g/mol. The molecular formula is C14H28N2O. The average Bonchev–Trinajstić information content (AvgIpc) is 2.89. The summed E-state index contributed by atoms with van der Waals surface area (Å²) in [6, 6.07) is 0. The van der Waals surface area contributed by atoms with Gasteiger partial charge >= 0.3 is 0 Å². The Bertz CT molecular complexity index is 198. The Labute approximate surface area is 106 Å². The molecule has 0 bridgehead atoms. The second kappa shape index (κ2) is 7.34. The van der Waals surface area contributed by atoms with Crippen LogP contribution in [-0.2, 0) is 4.74 Å². The van der Waals surface area contributed by atoms with Crippen molar-refractivity contribution in [3.63, 3.8) is 0 Å². The van der Waals surface area contributed by atoms with E-state index in [1.54, 1.807) is 0 Å². The summed E-state index contributed by atoms with van der Waals surface area (Å²) in [6.45, 7) is 9.39. The third kappa shape index (κ3) is 4.57. The second-order valence-electron chi connectivity index (χ2n) is 5.53. The highest BCUT2D eigenvalue weighted by Gasteiger charge is 2.19. The first-order valence-electron chi connectivity index (χ1n) is 7.43. The van der Waals surface area contributed by atoms with Gasteiger partial charge in [-0.25, -0.2) is 0 Å². The highest BCUT2D eigenvalue weighted by molar-refractivity contribution is 4.74. The molecular weight excluding hydrogens is 212 g/mol. The summed E-state index contributed by atoms with van der Waals surface area (Å²) in [5.74, 6) is 0.869. The van der Waals surface area contributed by atoms with Crippen LogP contribution >= 0.6 is 0 Å². The third-order valence-electron chi connectivity index (χ3n) is 4.15. The van der Waals surface area contributed by atoms with Gasteiger partial charge in [-0.1, -0.05) is 6.92 Å². The van der Waals surface area contributed by atoms with Crippen molar-refractivity contribution in [2.24, 2.45) is 5.92 Å². The molecule has 2 atom stereocenters. The Morgan fingerprint density at radius 2 is 2.24 bits per heavy atom. The molecule has 2 unspecified atom stereocenters. The number of ether oxygens (including phenoxy) is 1. The molecule has 0 radical (unpaired) electrons. The summed E-state index contributed by atoms with van der Waals surface area (Å²) < 4.78 is 5.70. The summed E-state index contributed by atoms with van der Waals surface area (Å²) in [4.78, 5) is 2.61. The molecule has 0 aliphatic carbocycles. The molecule has 0 aromatic rings. The lowest BCUT2D eigenvalue weighted by atomic mass is 9.99. The number of hydrogen-bond donors (Lipinski definition) is 1. The molecule has 0 aromatic carbocycles. The smallest absolute Gasteiger partial charge is 0.0588 e. The van der Waals surface area contributed by atoms with Gasteiger partial charge in [0.2, 0.25) is 0 Å². The van der Waals surface area contributed by atoms with E-state index in [-0.39, 0.29) is 0 Å². The molecule has 0 spiro atoms. The van der Waals surface area contributed by atoms with Crippen LogP contribution in [-0.4, -0.2) is 50.3 Å². The van der Waals surface area contributed by atoms with Crippen LogP contribution in [0, 0.1) is 5.92 Å². The molecule has 0 aromatic heterocycles. The predicted octanol–water partition coefficient (Wildman–Crippen LogP) is 1.88. The maximum Gasteiger partial charge on any atom is 0.0588 e. The van der Waals surface area contributed by atoms with Crippen molar-refractivity contribution in [1.82, 2.24) is 10.2 Å². The normalized spacial score (nSPS) is 30.0. The first kappa shape index (κ1) is 13.3. The first-order chi connectivity index (χ1) is 8.38. The van der Waals surface area contributed by atoms with Gasteiger partial charge in [-0.05, 0) is 57.7 Å². The standard InChI is InChI=1S/C14H28N2O/c1-2-16(9-7-14-6-4-10-17-14)12-13-5-3-8-15-11-13/h13-15H,2-12H2,1H3. The summed E-state index contributed by atoms with van der Waals surface area (Å²) in [5, 5.41) is 3.51. The maximum absolute atomic E-state index is 5.70. The molecule has 0 amide bonds. The molecule has 2 aliphatic heterocycles. The van der Waals surface area contributed by atoms with E-state index in [4.69, 9.17) is 4.74 Å². The molecule has 1 N–H and O–H groups in total. The fraction of sp³-hybridized carbons (Fsp3) is 1.00. The minimum Gasteiger partial charge on any atom is -0.378 e. The molecule has 2 rings (SSSR count). The highest BCUT2D eigenvalue weighted by atomic mass is 16.5. The Morgan fingerprint density at radius 1 is 1.29 bits per heavy atom. The number of rotatable bonds is 6. The molecule has 2 fully saturated rings. The Hall–Kier alpha value is -0.120. The lowest BCUT2D eigenvalue weighted by Gasteiger charge is -2.29. The van der Waals surface area contributed by atoms with Crippen LogP contribution in [0.1, 0.15) is 39.0 Å². The summed E-state index contributed by atoms with van der Waals surface area (Å²) in [5.41, 5.74) is 0. The minimum atomic E-state index is 0.550. The Morgan fingerprint density at radius 3 is 2.88 bits per heavy atom. The molecule has 3 nitrogen and oxygen atoms in total. The van der Waals surface area contributed by atoms with Crippen LogP contribution < -0.4 is 5.32 Å². The molecule has 2 aliphatic rings. The van der Waals surface area contributed by atoms with Gasteiger partial charge in [-0.3, -0.25) is 0 Å². The molecule has 2 heterocycles. The zero-order valence-electron chi connectivity index (χ0n) is 11.3. The van der Waals surface area contributed by atoms with Crippen LogP contribution in [0.25, 0.3) is 0 Å². The van der Waals surface area contributed by atoms with Crippen LogP contribution in [0.15, 0.2) is 0 Å². The fourth-order valence-electron chi connectivity index (χ4n) is 3.02. The van der Waals surface area contributed by atoms with Crippen molar-refractivity contribution in [3.05, 3.63) is 0 Å². The third-order valence-corrected chi connectivity index (χ3v) is 4.15. The van der Waals surface area contributed by atoms with Crippen molar-refractivity contribution >= 4 is 0 Å². The van der Waals surface area contributed by atoms with E-state index in [9.17, 15) is 0 Å². The molecule has 0 saturated carbocycles. The van der Waals surface area contributed by atoms with Crippen molar-refractivity contribution < 1.29 is 4.74 Å². The molecule has 100 valence electrons. The van der Waals surface area contributed by atoms with Gasteiger partial charge < -0.3 is 15.0 Å². The van der Waals surface area contributed by atoms with E-state index < -0.39 is 0 Å². The maximum atomic E-state index is 5.70. The lowest BCUT2D eigenvalue weighted by Crippen LogP contribution is -2.39. The van der Waals surface area contributed by atoms with Gasteiger partial charge in [0.15, 0.2) is 0 Å².